The summed E-state index contributed by atoms with van der Waals surface area (Å²) < 4.78 is 0. The average molecular weight is 273 g/mol. The Kier molecular flexibility index (Phi) is 4.53. The number of rotatable bonds is 3. The van der Waals surface area contributed by atoms with Gasteiger partial charge >= 0.3 is 0 Å². The normalized spacial score (nSPS) is 23.6. The summed E-state index contributed by atoms with van der Waals surface area (Å²) in [6, 6.07) is 8.33. The number of nitrogens with two attached hydrogens (primary N) is 1. The number of carbonyl (C=O) groups excluding carboxylic acids is 2. The van der Waals surface area contributed by atoms with Crippen molar-refractivity contribution in [2.75, 3.05) is 0 Å². The van der Waals surface area contributed by atoms with Gasteiger partial charge in [0.1, 0.15) is 6.04 Å². The number of hydrogen-bond donors (Lipinski definition) is 3. The Labute approximate surface area is 118 Å². The minimum absolute atomic E-state index is 0.166. The Morgan fingerprint density at radius 2 is 2.10 bits per heavy atom. The molecule has 4 N–H and O–H groups in total. The third kappa shape index (κ3) is 3.45. The molecule has 1 aromatic rings. The molecule has 0 saturated carbocycles. The van der Waals surface area contributed by atoms with E-state index in [-0.39, 0.29) is 17.9 Å². The lowest BCUT2D eigenvalue weighted by atomic mass is 10.1. The van der Waals surface area contributed by atoms with Gasteiger partial charge in [0.15, 0.2) is 0 Å². The molecule has 20 heavy (non-hydrogen) atoms. The number of carbonyl (C=O) groups is 2. The zero-order valence-electron chi connectivity index (χ0n) is 11.4. The lowest BCUT2D eigenvalue weighted by molar-refractivity contribution is -0.129. The van der Waals surface area contributed by atoms with Crippen LogP contribution in [0, 0.1) is 0 Å². The largest absolute Gasteiger partial charge is 0.344 e. The number of nitrogens with one attached hydrogen (secondary N) is 2. The highest BCUT2D eigenvalue weighted by molar-refractivity contribution is 5.90. The van der Waals surface area contributed by atoms with E-state index in [0.717, 1.165) is 5.56 Å². The van der Waals surface area contributed by atoms with Crippen molar-refractivity contribution in [1.82, 2.24) is 10.6 Å². The summed E-state index contributed by atoms with van der Waals surface area (Å²) >= 11 is 0. The van der Waals surface area contributed by atoms with E-state index in [1.54, 1.807) is 6.92 Å². The number of benzene rings is 1. The molecule has 0 spiro atoms. The summed E-state index contributed by atoms with van der Waals surface area (Å²) in [6.07, 6.45) is 4.31. The van der Waals surface area contributed by atoms with Gasteiger partial charge in [0.05, 0.1) is 12.1 Å². The third-order valence-electron chi connectivity index (χ3n) is 3.20. The van der Waals surface area contributed by atoms with Crippen molar-refractivity contribution in [3.05, 3.63) is 48.0 Å². The second-order valence-corrected chi connectivity index (χ2v) is 4.91. The molecular formula is C15H19N3O2. The van der Waals surface area contributed by atoms with Crippen LogP contribution in [0.1, 0.15) is 24.9 Å². The molecule has 0 aromatic heterocycles. The molecule has 0 bridgehead atoms. The summed E-state index contributed by atoms with van der Waals surface area (Å²) in [5.41, 5.74) is 6.50. The quantitative estimate of drug-likeness (QED) is 0.706. The van der Waals surface area contributed by atoms with Crippen LogP contribution in [-0.4, -0.2) is 23.9 Å². The molecule has 1 aliphatic heterocycles. The topological polar surface area (TPSA) is 84.2 Å². The maximum absolute atomic E-state index is 12.1. The van der Waals surface area contributed by atoms with Crippen molar-refractivity contribution in [1.29, 1.82) is 0 Å². The summed E-state index contributed by atoms with van der Waals surface area (Å²) in [6.45, 7) is 1.59. The van der Waals surface area contributed by atoms with E-state index >= 15 is 0 Å². The fourth-order valence-electron chi connectivity index (χ4n) is 2.04. The zero-order chi connectivity index (χ0) is 14.5. The van der Waals surface area contributed by atoms with Crippen molar-refractivity contribution >= 4 is 11.8 Å². The molecule has 0 fully saturated rings. The monoisotopic (exact) mass is 273 g/mol. The van der Waals surface area contributed by atoms with Gasteiger partial charge in [-0.1, -0.05) is 42.5 Å². The van der Waals surface area contributed by atoms with Crippen LogP contribution < -0.4 is 16.4 Å². The second kappa shape index (κ2) is 6.34. The Morgan fingerprint density at radius 3 is 2.75 bits per heavy atom. The molecule has 0 saturated heterocycles. The van der Waals surface area contributed by atoms with Gasteiger partial charge in [-0.25, -0.2) is 0 Å². The van der Waals surface area contributed by atoms with Gasteiger partial charge < -0.3 is 16.4 Å². The fourth-order valence-corrected chi connectivity index (χ4v) is 2.04. The van der Waals surface area contributed by atoms with E-state index in [9.17, 15) is 9.59 Å². The van der Waals surface area contributed by atoms with Crippen molar-refractivity contribution in [3.8, 4) is 0 Å². The molecular weight excluding hydrogens is 254 g/mol. The lowest BCUT2D eigenvalue weighted by Gasteiger charge is -2.19. The molecule has 5 heteroatoms. The van der Waals surface area contributed by atoms with E-state index < -0.39 is 12.1 Å². The molecule has 3 atom stereocenters. The Balaban J connectivity index is 2.06. The molecule has 0 radical (unpaired) electrons. The third-order valence-corrected chi connectivity index (χ3v) is 3.20. The van der Waals surface area contributed by atoms with Crippen LogP contribution in [0.4, 0.5) is 0 Å². The molecule has 1 heterocycles. The first-order valence-corrected chi connectivity index (χ1v) is 6.66. The first-order valence-electron chi connectivity index (χ1n) is 6.66. The van der Waals surface area contributed by atoms with Crippen molar-refractivity contribution < 1.29 is 9.59 Å². The highest BCUT2D eigenvalue weighted by atomic mass is 16.2. The molecule has 0 unspecified atom stereocenters. The van der Waals surface area contributed by atoms with E-state index in [1.807, 2.05) is 42.5 Å². The first-order chi connectivity index (χ1) is 9.58. The summed E-state index contributed by atoms with van der Waals surface area (Å²) in [5, 5.41) is 5.56. The minimum atomic E-state index is -0.625. The predicted molar refractivity (Wildman–Crippen MR) is 76.7 cm³/mol. The van der Waals surface area contributed by atoms with Crippen molar-refractivity contribution in [2.24, 2.45) is 5.73 Å². The average Bonchev–Trinajstić information content (AvgIpc) is 2.62. The number of amides is 2. The SMILES string of the molecule is C[C@H](N)C(=O)N[C@H]1CC=C[C@@H](c2ccccc2)NC1=O. The van der Waals surface area contributed by atoms with Crippen molar-refractivity contribution in [3.63, 3.8) is 0 Å². The van der Waals surface area contributed by atoms with Crippen LogP contribution in [0.15, 0.2) is 42.5 Å². The fraction of sp³-hybridized carbons (Fsp3) is 0.333. The molecule has 1 aromatic carbocycles. The standard InChI is InChI=1S/C15H19N3O2/c1-10(16)14(19)18-13-9-5-8-12(17-15(13)20)11-6-3-2-4-7-11/h2-8,10,12-13H,9,16H2,1H3,(H,17,20)(H,18,19)/t10-,12-,13-/m0/s1. The lowest BCUT2D eigenvalue weighted by Crippen LogP contribution is -2.50. The Morgan fingerprint density at radius 1 is 1.40 bits per heavy atom. The first kappa shape index (κ1) is 14.3. The summed E-state index contributed by atoms with van der Waals surface area (Å²) in [7, 11) is 0. The summed E-state index contributed by atoms with van der Waals surface area (Å²) in [5.74, 6) is -0.519. The van der Waals surface area contributed by atoms with Crippen LogP contribution in [0.3, 0.4) is 0 Å². The van der Waals surface area contributed by atoms with E-state index in [4.69, 9.17) is 5.73 Å². The highest BCUT2D eigenvalue weighted by Crippen LogP contribution is 2.17. The van der Waals surface area contributed by atoms with E-state index in [0.29, 0.717) is 6.42 Å². The predicted octanol–water partition coefficient (Wildman–Crippen LogP) is 0.636. The number of hydrogen-bond acceptors (Lipinski definition) is 3. The van der Waals surface area contributed by atoms with Crippen LogP contribution in [-0.2, 0) is 9.59 Å². The highest BCUT2D eigenvalue weighted by Gasteiger charge is 2.25. The van der Waals surface area contributed by atoms with Gasteiger partial charge in [0.25, 0.3) is 0 Å². The molecule has 0 aliphatic carbocycles. The zero-order valence-corrected chi connectivity index (χ0v) is 11.4. The molecule has 106 valence electrons. The molecule has 1 aliphatic rings. The maximum Gasteiger partial charge on any atom is 0.243 e. The molecule has 2 amide bonds. The maximum atomic E-state index is 12.1. The van der Waals surface area contributed by atoms with Gasteiger partial charge in [0.2, 0.25) is 11.8 Å². The van der Waals surface area contributed by atoms with Crippen LogP contribution >= 0.6 is 0 Å². The van der Waals surface area contributed by atoms with Gasteiger partial charge in [-0.2, -0.15) is 0 Å². The Bertz CT molecular complexity index is 511. The van der Waals surface area contributed by atoms with Gasteiger partial charge in [-0.05, 0) is 18.9 Å². The van der Waals surface area contributed by atoms with Crippen LogP contribution in [0.5, 0.6) is 0 Å². The second-order valence-electron chi connectivity index (χ2n) is 4.91. The summed E-state index contributed by atoms with van der Waals surface area (Å²) in [4.78, 5) is 23.7. The molecule has 5 nitrogen and oxygen atoms in total. The van der Waals surface area contributed by atoms with Crippen molar-refractivity contribution in [2.45, 2.75) is 31.5 Å². The van der Waals surface area contributed by atoms with Crippen LogP contribution in [0.2, 0.25) is 0 Å². The van der Waals surface area contributed by atoms with E-state index in [2.05, 4.69) is 10.6 Å². The minimum Gasteiger partial charge on any atom is -0.344 e. The van der Waals surface area contributed by atoms with E-state index in [1.165, 1.54) is 0 Å². The van der Waals surface area contributed by atoms with Gasteiger partial charge in [-0.3, -0.25) is 9.59 Å². The Hall–Kier alpha value is -2.14. The van der Waals surface area contributed by atoms with Crippen LogP contribution in [0.25, 0.3) is 0 Å². The van der Waals surface area contributed by atoms with Gasteiger partial charge in [-0.15, -0.1) is 0 Å². The smallest absolute Gasteiger partial charge is 0.243 e. The molecule has 2 rings (SSSR count). The van der Waals surface area contributed by atoms with Gasteiger partial charge in [0, 0.05) is 0 Å².